The first-order valence-electron chi connectivity index (χ1n) is 5.78. The number of nitrogens with zero attached hydrogens (tertiary/aromatic N) is 2. The molecule has 0 unspecified atom stereocenters. The maximum Gasteiger partial charge on any atom is 0.335 e. The van der Waals surface area contributed by atoms with Gasteiger partial charge in [-0.1, -0.05) is 0 Å². The van der Waals surface area contributed by atoms with Crippen LogP contribution >= 0.6 is 0 Å². The van der Waals surface area contributed by atoms with Gasteiger partial charge in [-0.2, -0.15) is 5.10 Å². The quantitative estimate of drug-likeness (QED) is 0.847. The zero-order valence-electron chi connectivity index (χ0n) is 10.1. The number of anilines is 1. The zero-order chi connectivity index (χ0) is 13.0. The Kier molecular flexibility index (Phi) is 3.62. The third kappa shape index (κ3) is 2.68. The molecule has 0 spiro atoms. The van der Waals surface area contributed by atoms with Crippen molar-refractivity contribution in [2.45, 2.75) is 20.0 Å². The van der Waals surface area contributed by atoms with Crippen LogP contribution in [0.1, 0.15) is 23.0 Å². The van der Waals surface area contributed by atoms with Crippen molar-refractivity contribution in [3.8, 4) is 0 Å². The fourth-order valence-corrected chi connectivity index (χ4v) is 1.72. The van der Waals surface area contributed by atoms with Crippen LogP contribution in [0.25, 0.3) is 0 Å². The summed E-state index contributed by atoms with van der Waals surface area (Å²) in [6.45, 7) is 3.54. The van der Waals surface area contributed by atoms with Gasteiger partial charge in [-0.25, -0.2) is 4.79 Å². The van der Waals surface area contributed by atoms with E-state index in [9.17, 15) is 4.79 Å². The highest BCUT2D eigenvalue weighted by atomic mass is 16.4. The fraction of sp³-hybridized carbons (Fsp3) is 0.231. The van der Waals surface area contributed by atoms with Gasteiger partial charge in [0.05, 0.1) is 17.8 Å². The summed E-state index contributed by atoms with van der Waals surface area (Å²) in [5.41, 5.74) is 2.28. The fourth-order valence-electron chi connectivity index (χ4n) is 1.72. The number of aryl methyl sites for hydroxylation is 1. The van der Waals surface area contributed by atoms with E-state index in [1.54, 1.807) is 30.5 Å². The number of carbonyl (C=O) groups is 1. The average Bonchev–Trinajstić information content (AvgIpc) is 2.84. The van der Waals surface area contributed by atoms with Gasteiger partial charge in [-0.15, -0.1) is 0 Å². The van der Waals surface area contributed by atoms with E-state index in [0.29, 0.717) is 12.1 Å². The van der Waals surface area contributed by atoms with Crippen molar-refractivity contribution in [2.75, 3.05) is 5.32 Å². The number of aromatic carboxylic acids is 1. The van der Waals surface area contributed by atoms with Gasteiger partial charge >= 0.3 is 5.97 Å². The number of aromatic nitrogens is 2. The molecule has 0 saturated heterocycles. The molecule has 0 amide bonds. The molecule has 0 atom stereocenters. The lowest BCUT2D eigenvalue weighted by Gasteiger charge is -2.08. The van der Waals surface area contributed by atoms with Gasteiger partial charge in [0.1, 0.15) is 0 Å². The van der Waals surface area contributed by atoms with Crippen LogP contribution in [-0.2, 0) is 13.1 Å². The first-order valence-corrected chi connectivity index (χ1v) is 5.78. The smallest absolute Gasteiger partial charge is 0.335 e. The Bertz CT molecular complexity index is 531. The molecule has 1 aromatic carbocycles. The van der Waals surface area contributed by atoms with Gasteiger partial charge in [0.25, 0.3) is 0 Å². The topological polar surface area (TPSA) is 67.2 Å². The Labute approximate surface area is 105 Å². The minimum absolute atomic E-state index is 0.291. The molecule has 18 heavy (non-hydrogen) atoms. The Morgan fingerprint density at radius 2 is 2.06 bits per heavy atom. The van der Waals surface area contributed by atoms with Crippen molar-refractivity contribution < 1.29 is 9.90 Å². The van der Waals surface area contributed by atoms with E-state index in [0.717, 1.165) is 17.9 Å². The molecule has 0 fully saturated rings. The molecule has 5 heteroatoms. The summed E-state index contributed by atoms with van der Waals surface area (Å²) in [4.78, 5) is 10.7. The molecule has 2 N–H and O–H groups in total. The van der Waals surface area contributed by atoms with Gasteiger partial charge in [0.15, 0.2) is 0 Å². The minimum atomic E-state index is -0.911. The molecule has 0 aliphatic carbocycles. The lowest BCUT2D eigenvalue weighted by Crippen LogP contribution is -2.07. The third-order valence-electron chi connectivity index (χ3n) is 2.71. The molecule has 0 saturated carbocycles. The van der Waals surface area contributed by atoms with Crippen molar-refractivity contribution in [3.05, 3.63) is 47.8 Å². The summed E-state index contributed by atoms with van der Waals surface area (Å²) < 4.78 is 1.92. The number of rotatable bonds is 5. The number of carboxylic acid groups (broad SMARTS) is 1. The van der Waals surface area contributed by atoms with E-state index in [-0.39, 0.29) is 0 Å². The van der Waals surface area contributed by atoms with Crippen LogP contribution in [0.4, 0.5) is 5.69 Å². The Morgan fingerprint density at radius 1 is 1.33 bits per heavy atom. The molecule has 0 bridgehead atoms. The number of nitrogens with one attached hydrogen (secondary N) is 1. The molecule has 1 aromatic heterocycles. The predicted octanol–water partition coefficient (Wildman–Crippen LogP) is 2.21. The maximum atomic E-state index is 10.7. The second-order valence-corrected chi connectivity index (χ2v) is 3.87. The highest BCUT2D eigenvalue weighted by Gasteiger charge is 2.03. The van der Waals surface area contributed by atoms with E-state index in [1.165, 1.54) is 0 Å². The van der Waals surface area contributed by atoms with E-state index in [1.807, 2.05) is 17.7 Å². The number of carboxylic acids is 1. The van der Waals surface area contributed by atoms with E-state index < -0.39 is 5.97 Å². The Morgan fingerprint density at radius 3 is 2.67 bits per heavy atom. The predicted molar refractivity (Wildman–Crippen MR) is 68.6 cm³/mol. The van der Waals surface area contributed by atoms with Crippen molar-refractivity contribution in [3.63, 3.8) is 0 Å². The molecule has 0 aliphatic rings. The molecular formula is C13H15N3O2. The van der Waals surface area contributed by atoms with Gasteiger partial charge in [0.2, 0.25) is 0 Å². The van der Waals surface area contributed by atoms with Crippen LogP contribution in [0, 0.1) is 0 Å². The number of hydrogen-bond donors (Lipinski definition) is 2. The number of hydrogen-bond acceptors (Lipinski definition) is 3. The van der Waals surface area contributed by atoms with E-state index in [4.69, 9.17) is 5.11 Å². The van der Waals surface area contributed by atoms with Crippen molar-refractivity contribution in [1.29, 1.82) is 0 Å². The highest BCUT2D eigenvalue weighted by Crippen LogP contribution is 2.11. The summed E-state index contributed by atoms with van der Waals surface area (Å²) in [6, 6.07) is 8.65. The van der Waals surface area contributed by atoms with Gasteiger partial charge in [-0.05, 0) is 37.3 Å². The van der Waals surface area contributed by atoms with Crippen LogP contribution in [0.2, 0.25) is 0 Å². The summed E-state index contributed by atoms with van der Waals surface area (Å²) in [5.74, 6) is -0.911. The standard InChI is InChI=1S/C13H15N3O2/c1-2-16-12(7-8-15-16)9-14-11-5-3-10(4-6-11)13(17)18/h3-8,14H,2,9H2,1H3,(H,17,18). The van der Waals surface area contributed by atoms with Crippen LogP contribution in [0.5, 0.6) is 0 Å². The SMILES string of the molecule is CCn1nccc1CNc1ccc(C(=O)O)cc1. The van der Waals surface area contributed by atoms with Crippen molar-refractivity contribution >= 4 is 11.7 Å². The molecule has 0 aliphatic heterocycles. The van der Waals surface area contributed by atoms with Crippen LogP contribution in [0.3, 0.4) is 0 Å². The summed E-state index contributed by atoms with van der Waals surface area (Å²) in [6.07, 6.45) is 1.77. The average molecular weight is 245 g/mol. The second-order valence-electron chi connectivity index (χ2n) is 3.87. The lowest BCUT2D eigenvalue weighted by atomic mass is 10.2. The first-order chi connectivity index (χ1) is 8.70. The number of benzene rings is 1. The van der Waals surface area contributed by atoms with Crippen molar-refractivity contribution in [2.24, 2.45) is 0 Å². The Balaban J connectivity index is 2.00. The molecule has 1 heterocycles. The van der Waals surface area contributed by atoms with Gasteiger partial charge in [-0.3, -0.25) is 4.68 Å². The van der Waals surface area contributed by atoms with Crippen LogP contribution in [0.15, 0.2) is 36.5 Å². The molecule has 0 radical (unpaired) electrons. The van der Waals surface area contributed by atoms with Crippen LogP contribution in [-0.4, -0.2) is 20.9 Å². The minimum Gasteiger partial charge on any atom is -0.478 e. The van der Waals surface area contributed by atoms with Gasteiger partial charge in [0, 0.05) is 18.4 Å². The largest absolute Gasteiger partial charge is 0.478 e. The summed E-state index contributed by atoms with van der Waals surface area (Å²) >= 11 is 0. The van der Waals surface area contributed by atoms with Crippen LogP contribution < -0.4 is 5.32 Å². The van der Waals surface area contributed by atoms with E-state index >= 15 is 0 Å². The Hall–Kier alpha value is -2.30. The summed E-state index contributed by atoms with van der Waals surface area (Å²) in [5, 5.41) is 16.2. The second kappa shape index (κ2) is 5.35. The normalized spacial score (nSPS) is 10.3. The molecule has 2 aromatic rings. The van der Waals surface area contributed by atoms with E-state index in [2.05, 4.69) is 10.4 Å². The third-order valence-corrected chi connectivity index (χ3v) is 2.71. The first kappa shape index (κ1) is 12.2. The van der Waals surface area contributed by atoms with Crippen molar-refractivity contribution in [1.82, 2.24) is 9.78 Å². The molecule has 94 valence electrons. The molecule has 2 rings (SSSR count). The zero-order valence-corrected chi connectivity index (χ0v) is 10.1. The van der Waals surface area contributed by atoms with Gasteiger partial charge < -0.3 is 10.4 Å². The molecular weight excluding hydrogens is 230 g/mol. The lowest BCUT2D eigenvalue weighted by molar-refractivity contribution is 0.0697. The highest BCUT2D eigenvalue weighted by molar-refractivity contribution is 5.87. The maximum absolute atomic E-state index is 10.7. The monoisotopic (exact) mass is 245 g/mol. The summed E-state index contributed by atoms with van der Waals surface area (Å²) in [7, 11) is 0. The molecule has 5 nitrogen and oxygen atoms in total.